The summed E-state index contributed by atoms with van der Waals surface area (Å²) in [4.78, 5) is 26.9. The maximum atomic E-state index is 13.3. The molecule has 0 radical (unpaired) electrons. The van der Waals surface area contributed by atoms with E-state index in [4.69, 9.17) is 21.1 Å². The summed E-state index contributed by atoms with van der Waals surface area (Å²) in [6.07, 6.45) is 0.335. The van der Waals surface area contributed by atoms with Gasteiger partial charge >= 0.3 is 6.03 Å². The molecule has 4 rings (SSSR count). The molecule has 2 heterocycles. The molecule has 1 atom stereocenters. The first-order chi connectivity index (χ1) is 13.4. The third-order valence-electron chi connectivity index (χ3n) is 5.04. The Labute approximate surface area is 166 Å². The summed E-state index contributed by atoms with van der Waals surface area (Å²) in [7, 11) is 0. The molecule has 2 aromatic carbocycles. The largest absolute Gasteiger partial charge is 0.486 e. The molecule has 28 heavy (non-hydrogen) atoms. The van der Waals surface area contributed by atoms with Crippen LogP contribution in [0.25, 0.3) is 0 Å². The quantitative estimate of drug-likeness (QED) is 0.790. The lowest BCUT2D eigenvalue weighted by molar-refractivity contribution is -0.132. The van der Waals surface area contributed by atoms with Crippen LogP contribution in [0.5, 0.6) is 11.5 Å². The van der Waals surface area contributed by atoms with Gasteiger partial charge in [0, 0.05) is 0 Å². The van der Waals surface area contributed by atoms with Crippen LogP contribution in [0.15, 0.2) is 36.4 Å². The number of hydrogen-bond acceptors (Lipinski definition) is 4. The number of fused-ring (bicyclic) bond motifs is 1. The number of rotatable bonds is 4. The number of nitrogens with one attached hydrogen (secondary N) is 1. The Bertz CT molecular complexity index is 950. The summed E-state index contributed by atoms with van der Waals surface area (Å²) in [5, 5.41) is 3.14. The fourth-order valence-corrected chi connectivity index (χ4v) is 3.87. The molecule has 8 heteroatoms. The number of benzene rings is 2. The van der Waals surface area contributed by atoms with Crippen LogP contribution in [-0.2, 0) is 16.9 Å². The summed E-state index contributed by atoms with van der Waals surface area (Å²) >= 11 is 6.26. The Balaban J connectivity index is 1.64. The second-order valence-corrected chi connectivity index (χ2v) is 7.10. The molecule has 1 unspecified atom stereocenters. The molecule has 1 N–H and O–H groups in total. The molecule has 0 saturated carbocycles. The second-order valence-electron chi connectivity index (χ2n) is 6.69. The Morgan fingerprint density at radius 3 is 2.61 bits per heavy atom. The molecule has 1 fully saturated rings. The van der Waals surface area contributed by atoms with Crippen molar-refractivity contribution in [2.75, 3.05) is 13.2 Å². The molecule has 2 aliphatic rings. The van der Waals surface area contributed by atoms with Crippen molar-refractivity contribution in [3.8, 4) is 11.5 Å². The van der Waals surface area contributed by atoms with Crippen molar-refractivity contribution < 1.29 is 23.5 Å². The van der Waals surface area contributed by atoms with E-state index in [0.717, 1.165) is 4.90 Å². The van der Waals surface area contributed by atoms with Crippen LogP contribution < -0.4 is 14.8 Å². The summed E-state index contributed by atoms with van der Waals surface area (Å²) in [5.74, 6) is 0.149. The molecular formula is C20H18ClFN2O4. The highest BCUT2D eigenvalue weighted by atomic mass is 35.5. The minimum absolute atomic E-state index is 0.0317. The van der Waals surface area contributed by atoms with E-state index in [2.05, 4.69) is 5.32 Å². The van der Waals surface area contributed by atoms with Crippen molar-refractivity contribution in [2.45, 2.75) is 25.4 Å². The molecule has 0 bridgehead atoms. The lowest BCUT2D eigenvalue weighted by atomic mass is 9.87. The van der Waals surface area contributed by atoms with Crippen LogP contribution in [-0.4, -0.2) is 30.1 Å². The van der Waals surface area contributed by atoms with E-state index in [0.29, 0.717) is 47.3 Å². The lowest BCUT2D eigenvalue weighted by Gasteiger charge is -2.26. The van der Waals surface area contributed by atoms with Gasteiger partial charge in [0.25, 0.3) is 5.91 Å². The van der Waals surface area contributed by atoms with Crippen LogP contribution in [0.4, 0.5) is 9.18 Å². The first-order valence-electron chi connectivity index (χ1n) is 8.93. The maximum absolute atomic E-state index is 13.3. The minimum atomic E-state index is -1.22. The highest BCUT2D eigenvalue weighted by molar-refractivity contribution is 6.32. The molecule has 3 amide bonds. The smallest absolute Gasteiger partial charge is 0.325 e. The number of carbonyl (C=O) groups excluding carboxylic acids is 2. The van der Waals surface area contributed by atoms with E-state index < -0.39 is 23.3 Å². The number of carbonyl (C=O) groups is 2. The molecule has 1 saturated heterocycles. The van der Waals surface area contributed by atoms with Gasteiger partial charge in [-0.3, -0.25) is 9.69 Å². The van der Waals surface area contributed by atoms with Gasteiger partial charge in [-0.2, -0.15) is 0 Å². The first kappa shape index (κ1) is 18.6. The Hall–Kier alpha value is -2.80. The van der Waals surface area contributed by atoms with Crippen molar-refractivity contribution in [1.29, 1.82) is 0 Å². The average Bonchev–Trinajstić information content (AvgIpc) is 2.94. The summed E-state index contributed by atoms with van der Waals surface area (Å²) in [6, 6.07) is 8.43. The third kappa shape index (κ3) is 2.96. The van der Waals surface area contributed by atoms with Crippen molar-refractivity contribution in [3.63, 3.8) is 0 Å². The van der Waals surface area contributed by atoms with Gasteiger partial charge in [0.1, 0.15) is 24.6 Å². The number of ether oxygens (including phenoxy) is 2. The fraction of sp³-hybridized carbons (Fsp3) is 0.300. The SMILES string of the molecule is CCC1(c2ccc(F)cc2)NC(=O)N(Cc2cc(Cl)c3c(c2)OCCO3)C1=O. The van der Waals surface area contributed by atoms with Gasteiger partial charge in [-0.25, -0.2) is 9.18 Å². The second kappa shape index (κ2) is 6.98. The number of nitrogens with zero attached hydrogens (tertiary/aromatic N) is 1. The van der Waals surface area contributed by atoms with Crippen LogP contribution in [0, 0.1) is 5.82 Å². The van der Waals surface area contributed by atoms with E-state index in [9.17, 15) is 14.0 Å². The lowest BCUT2D eigenvalue weighted by Crippen LogP contribution is -2.43. The summed E-state index contributed by atoms with van der Waals surface area (Å²) in [5.41, 5.74) is -0.0382. The van der Waals surface area contributed by atoms with Crippen molar-refractivity contribution in [1.82, 2.24) is 10.2 Å². The van der Waals surface area contributed by atoms with Crippen LogP contribution >= 0.6 is 11.6 Å². The Morgan fingerprint density at radius 2 is 1.89 bits per heavy atom. The first-order valence-corrected chi connectivity index (χ1v) is 9.30. The van der Waals surface area contributed by atoms with Crippen LogP contribution in [0.3, 0.4) is 0 Å². The van der Waals surface area contributed by atoms with Crippen LogP contribution in [0.2, 0.25) is 5.02 Å². The zero-order valence-corrected chi connectivity index (χ0v) is 15.9. The van der Waals surface area contributed by atoms with Crippen molar-refractivity contribution in [3.05, 3.63) is 58.4 Å². The monoisotopic (exact) mass is 404 g/mol. The predicted octanol–water partition coefficient (Wildman–Crippen LogP) is 3.61. The Kier molecular flexibility index (Phi) is 4.63. The minimum Gasteiger partial charge on any atom is -0.486 e. The van der Waals surface area contributed by atoms with Gasteiger partial charge in [0.2, 0.25) is 0 Å². The topological polar surface area (TPSA) is 67.9 Å². The van der Waals surface area contributed by atoms with Gasteiger partial charge < -0.3 is 14.8 Å². The number of urea groups is 1. The number of halogens is 2. The molecule has 6 nitrogen and oxygen atoms in total. The zero-order valence-electron chi connectivity index (χ0n) is 15.1. The number of amides is 3. The Morgan fingerprint density at radius 1 is 1.18 bits per heavy atom. The van der Waals surface area contributed by atoms with Gasteiger partial charge in [-0.1, -0.05) is 30.7 Å². The highest BCUT2D eigenvalue weighted by Gasteiger charge is 2.51. The highest BCUT2D eigenvalue weighted by Crippen LogP contribution is 2.39. The normalized spacial score (nSPS) is 21.0. The average molecular weight is 405 g/mol. The van der Waals surface area contributed by atoms with Gasteiger partial charge in [0.15, 0.2) is 11.5 Å². The van der Waals surface area contributed by atoms with Gasteiger partial charge in [-0.05, 0) is 41.8 Å². The van der Waals surface area contributed by atoms with E-state index in [1.807, 2.05) is 0 Å². The number of imide groups is 1. The number of hydrogen-bond donors (Lipinski definition) is 1. The molecular weight excluding hydrogens is 387 g/mol. The van der Waals surface area contributed by atoms with Crippen LogP contribution in [0.1, 0.15) is 24.5 Å². The van der Waals surface area contributed by atoms with E-state index in [-0.39, 0.29) is 6.54 Å². The predicted molar refractivity (Wildman–Crippen MR) is 99.9 cm³/mol. The molecule has 0 spiro atoms. The van der Waals surface area contributed by atoms with E-state index >= 15 is 0 Å². The van der Waals surface area contributed by atoms with Gasteiger partial charge in [0.05, 0.1) is 11.6 Å². The summed E-state index contributed by atoms with van der Waals surface area (Å²) in [6.45, 7) is 2.64. The molecule has 0 aliphatic carbocycles. The molecule has 2 aliphatic heterocycles. The van der Waals surface area contributed by atoms with Crippen molar-refractivity contribution >= 4 is 23.5 Å². The van der Waals surface area contributed by atoms with E-state index in [1.54, 1.807) is 19.1 Å². The van der Waals surface area contributed by atoms with Crippen molar-refractivity contribution in [2.24, 2.45) is 0 Å². The maximum Gasteiger partial charge on any atom is 0.325 e. The fourth-order valence-electron chi connectivity index (χ4n) is 3.58. The molecule has 2 aromatic rings. The molecule has 146 valence electrons. The summed E-state index contributed by atoms with van der Waals surface area (Å²) < 4.78 is 24.3. The molecule has 0 aromatic heterocycles. The third-order valence-corrected chi connectivity index (χ3v) is 5.32. The standard InChI is InChI=1S/C20H18ClFN2O4/c1-2-20(13-3-5-14(22)6-4-13)18(25)24(19(26)23-20)11-12-9-15(21)17-16(10-12)27-7-8-28-17/h3-6,9-10H,2,7-8,11H2,1H3,(H,23,26). The zero-order chi connectivity index (χ0) is 19.9. The van der Waals surface area contributed by atoms with E-state index in [1.165, 1.54) is 24.3 Å². The van der Waals surface area contributed by atoms with Gasteiger partial charge in [-0.15, -0.1) is 0 Å².